The Labute approximate surface area is 194 Å². The molecule has 0 unspecified atom stereocenters. The summed E-state index contributed by atoms with van der Waals surface area (Å²) in [6.45, 7) is 1.66. The van der Waals surface area contributed by atoms with Crippen molar-refractivity contribution in [3.8, 4) is 10.6 Å². The molecule has 0 radical (unpaired) electrons. The first kappa shape index (κ1) is 21.8. The summed E-state index contributed by atoms with van der Waals surface area (Å²) in [5.41, 5.74) is -0.707. The molecule has 1 N–H and O–H groups in total. The van der Waals surface area contributed by atoms with Gasteiger partial charge in [-0.2, -0.15) is 5.10 Å². The molecule has 1 atom stereocenters. The monoisotopic (exact) mass is 470 g/mol. The number of thiophene rings is 1. The number of carbonyl (C=O) groups is 2. The fourth-order valence-corrected chi connectivity index (χ4v) is 5.44. The van der Waals surface area contributed by atoms with Crippen LogP contribution in [0.1, 0.15) is 49.5 Å². The summed E-state index contributed by atoms with van der Waals surface area (Å²) in [7, 11) is 0. The Bertz CT molecular complexity index is 1200. The van der Waals surface area contributed by atoms with E-state index in [4.69, 9.17) is 0 Å². The summed E-state index contributed by atoms with van der Waals surface area (Å²) in [5.74, 6) is -2.57. The highest BCUT2D eigenvalue weighted by atomic mass is 32.1. The molecule has 172 valence electrons. The number of benzene rings is 1. The summed E-state index contributed by atoms with van der Waals surface area (Å²) in [6.07, 6.45) is 4.94. The third-order valence-corrected chi connectivity index (χ3v) is 7.40. The zero-order valence-electron chi connectivity index (χ0n) is 18.2. The van der Waals surface area contributed by atoms with E-state index in [2.05, 4.69) is 10.4 Å². The molecule has 9 heteroatoms. The Morgan fingerprint density at radius 1 is 1.18 bits per heavy atom. The lowest BCUT2D eigenvalue weighted by Gasteiger charge is -2.44. The van der Waals surface area contributed by atoms with Crippen LogP contribution >= 0.6 is 11.3 Å². The molecule has 3 aromatic rings. The first-order valence-corrected chi connectivity index (χ1v) is 12.0. The number of anilines is 1. The topological polar surface area (TPSA) is 67.2 Å². The molecule has 1 aliphatic heterocycles. The second kappa shape index (κ2) is 8.37. The van der Waals surface area contributed by atoms with Gasteiger partial charge in [-0.1, -0.05) is 25.3 Å². The van der Waals surface area contributed by atoms with Crippen LogP contribution in [0.2, 0.25) is 0 Å². The van der Waals surface area contributed by atoms with Crippen LogP contribution < -0.4 is 10.2 Å². The largest absolute Gasteiger partial charge is 0.351 e. The molecule has 2 aromatic heterocycles. The van der Waals surface area contributed by atoms with Crippen LogP contribution in [0.25, 0.3) is 10.6 Å². The first-order chi connectivity index (χ1) is 15.9. The first-order valence-electron chi connectivity index (χ1n) is 11.1. The van der Waals surface area contributed by atoms with Crippen molar-refractivity contribution in [1.29, 1.82) is 0 Å². The number of aromatic nitrogens is 2. The van der Waals surface area contributed by atoms with Crippen LogP contribution in [-0.4, -0.2) is 33.2 Å². The third kappa shape index (κ3) is 3.84. The molecule has 0 saturated heterocycles. The van der Waals surface area contributed by atoms with E-state index in [0.29, 0.717) is 5.69 Å². The van der Waals surface area contributed by atoms with Gasteiger partial charge in [-0.3, -0.25) is 19.2 Å². The van der Waals surface area contributed by atoms with Crippen LogP contribution in [0, 0.1) is 11.6 Å². The fraction of sp³-hybridized carbons (Fsp3) is 0.375. The van der Waals surface area contributed by atoms with Gasteiger partial charge in [0.25, 0.3) is 5.91 Å². The average Bonchev–Trinajstić information content (AvgIpc) is 3.46. The Hall–Kier alpha value is -3.07. The smallest absolute Gasteiger partial charge is 0.277 e. The molecule has 5 rings (SSSR count). The minimum Gasteiger partial charge on any atom is -0.351 e. The molecule has 0 bridgehead atoms. The Balaban J connectivity index is 1.58. The molecule has 3 heterocycles. The predicted molar refractivity (Wildman–Crippen MR) is 122 cm³/mol. The van der Waals surface area contributed by atoms with Crippen LogP contribution in [0.15, 0.2) is 41.8 Å². The van der Waals surface area contributed by atoms with Gasteiger partial charge in [-0.25, -0.2) is 8.78 Å². The molecule has 1 saturated carbocycles. The summed E-state index contributed by atoms with van der Waals surface area (Å²) in [5, 5.41) is 9.57. The maximum absolute atomic E-state index is 14.9. The lowest BCUT2D eigenvalue weighted by Crippen LogP contribution is -2.65. The van der Waals surface area contributed by atoms with Crippen molar-refractivity contribution < 1.29 is 18.4 Å². The quantitative estimate of drug-likeness (QED) is 0.598. The van der Waals surface area contributed by atoms with Crippen molar-refractivity contribution in [2.45, 2.75) is 57.2 Å². The van der Waals surface area contributed by atoms with Crippen molar-refractivity contribution >= 4 is 28.8 Å². The molecular formula is C24H24F2N4O2S. The van der Waals surface area contributed by atoms with E-state index < -0.39 is 23.1 Å². The van der Waals surface area contributed by atoms with Crippen LogP contribution in [-0.2, 0) is 11.3 Å². The number of hydrogen-bond donors (Lipinski definition) is 1. The van der Waals surface area contributed by atoms with Gasteiger partial charge in [0.2, 0.25) is 5.91 Å². The number of fused-ring (bicyclic) bond motifs is 1. The maximum Gasteiger partial charge on any atom is 0.277 e. The summed E-state index contributed by atoms with van der Waals surface area (Å²) >= 11 is 1.49. The van der Waals surface area contributed by atoms with E-state index in [9.17, 15) is 18.4 Å². The maximum atomic E-state index is 14.9. The van der Waals surface area contributed by atoms with Gasteiger partial charge >= 0.3 is 0 Å². The minimum atomic E-state index is -1.45. The van der Waals surface area contributed by atoms with E-state index in [1.165, 1.54) is 22.1 Å². The van der Waals surface area contributed by atoms with E-state index >= 15 is 0 Å². The van der Waals surface area contributed by atoms with Crippen molar-refractivity contribution in [1.82, 2.24) is 15.1 Å². The average molecular weight is 471 g/mol. The second-order valence-electron chi connectivity index (χ2n) is 8.87. The van der Waals surface area contributed by atoms with Crippen molar-refractivity contribution in [3.63, 3.8) is 0 Å². The van der Waals surface area contributed by atoms with Crippen molar-refractivity contribution in [2.75, 3.05) is 4.90 Å². The molecule has 2 aliphatic rings. The zero-order chi connectivity index (χ0) is 23.2. The van der Waals surface area contributed by atoms with E-state index in [-0.39, 0.29) is 29.9 Å². The molecule has 33 heavy (non-hydrogen) atoms. The van der Waals surface area contributed by atoms with Gasteiger partial charge in [-0.05, 0) is 49.4 Å². The SMILES string of the molecule is C[C@]1(C(=O)NC2CCCCC2)Cn2nc(-c3cccs3)cc2C(=O)N1c1ccc(F)cc1F. The van der Waals surface area contributed by atoms with E-state index in [0.717, 1.165) is 54.0 Å². The molecule has 1 aliphatic carbocycles. The summed E-state index contributed by atoms with van der Waals surface area (Å²) < 4.78 is 30.1. The molecule has 1 aromatic carbocycles. The number of hydrogen-bond acceptors (Lipinski definition) is 4. The lowest BCUT2D eigenvalue weighted by atomic mass is 9.91. The van der Waals surface area contributed by atoms with Crippen molar-refractivity contribution in [3.05, 3.63) is 59.1 Å². The van der Waals surface area contributed by atoms with Gasteiger partial charge in [-0.15, -0.1) is 11.3 Å². The van der Waals surface area contributed by atoms with E-state index in [1.807, 2.05) is 17.5 Å². The zero-order valence-corrected chi connectivity index (χ0v) is 19.0. The molecular weight excluding hydrogens is 446 g/mol. The predicted octanol–water partition coefficient (Wildman–Crippen LogP) is 4.76. The number of nitrogens with one attached hydrogen (secondary N) is 1. The number of nitrogens with zero attached hydrogens (tertiary/aromatic N) is 3. The molecule has 2 amide bonds. The highest BCUT2D eigenvalue weighted by Crippen LogP contribution is 2.36. The Kier molecular flexibility index (Phi) is 5.52. The standard InChI is InChI=1S/C24H24F2N4O2S/c1-24(23(32)27-16-6-3-2-4-7-16)14-29-20(13-18(28-29)21-8-5-11-33-21)22(31)30(24)19-10-9-15(25)12-17(19)26/h5,8-13,16H,2-4,6-7,14H2,1H3,(H,27,32)/t24-/m1/s1. The van der Waals surface area contributed by atoms with Gasteiger partial charge in [0.1, 0.15) is 28.6 Å². The van der Waals surface area contributed by atoms with Crippen molar-refractivity contribution in [2.24, 2.45) is 0 Å². The summed E-state index contributed by atoms with van der Waals surface area (Å²) in [6, 6.07) is 8.48. The Morgan fingerprint density at radius 3 is 2.67 bits per heavy atom. The summed E-state index contributed by atoms with van der Waals surface area (Å²) in [4.78, 5) is 29.3. The van der Waals surface area contributed by atoms with Crippen LogP contribution in [0.3, 0.4) is 0 Å². The van der Waals surface area contributed by atoms with Gasteiger partial charge in [0.15, 0.2) is 0 Å². The minimum absolute atomic E-state index is 0.0128. The number of halogens is 2. The van der Waals surface area contributed by atoms with Gasteiger partial charge in [0, 0.05) is 12.1 Å². The molecule has 1 fully saturated rings. The number of carbonyl (C=O) groups excluding carboxylic acids is 2. The van der Waals surface area contributed by atoms with Gasteiger partial charge in [0.05, 0.1) is 17.1 Å². The highest BCUT2D eigenvalue weighted by molar-refractivity contribution is 7.13. The van der Waals surface area contributed by atoms with Crippen LogP contribution in [0.4, 0.5) is 14.5 Å². The Morgan fingerprint density at radius 2 is 1.97 bits per heavy atom. The normalized spacial score (nSPS) is 21.2. The van der Waals surface area contributed by atoms with Crippen LogP contribution in [0.5, 0.6) is 0 Å². The number of rotatable bonds is 4. The molecule has 6 nitrogen and oxygen atoms in total. The highest BCUT2D eigenvalue weighted by Gasteiger charge is 2.50. The third-order valence-electron chi connectivity index (χ3n) is 6.51. The van der Waals surface area contributed by atoms with E-state index in [1.54, 1.807) is 13.0 Å². The fourth-order valence-electron chi connectivity index (χ4n) is 4.75. The van der Waals surface area contributed by atoms with Gasteiger partial charge < -0.3 is 5.32 Å². The molecule has 0 spiro atoms. The number of amides is 2. The second-order valence-corrected chi connectivity index (χ2v) is 9.82. The lowest BCUT2D eigenvalue weighted by molar-refractivity contribution is -0.127.